The van der Waals surface area contributed by atoms with Crippen LogP contribution in [0.15, 0.2) is 60.9 Å². The molecule has 1 aromatic heterocycles. The van der Waals surface area contributed by atoms with Gasteiger partial charge in [0.1, 0.15) is 17.3 Å². The minimum absolute atomic E-state index is 0.281. The number of carbonyl (C=O) groups is 1. The maximum Gasteiger partial charge on any atom is 0.239 e. The van der Waals surface area contributed by atoms with Crippen LogP contribution in [0.4, 0.5) is 5.69 Å². The van der Waals surface area contributed by atoms with Gasteiger partial charge in [-0.25, -0.2) is 13.4 Å². The molecular formula is C23H27N3O3S. The Morgan fingerprint density at radius 1 is 1.00 bits per heavy atom. The first kappa shape index (κ1) is 21.8. The first-order valence-electron chi connectivity index (χ1n) is 10.1. The second kappa shape index (κ2) is 9.71. The van der Waals surface area contributed by atoms with Gasteiger partial charge in [0.05, 0.1) is 0 Å². The molecule has 0 radical (unpaired) electrons. The number of para-hydroxylation sites is 1. The van der Waals surface area contributed by atoms with Crippen LogP contribution in [0.25, 0.3) is 0 Å². The molecule has 0 fully saturated rings. The minimum Gasteiger partial charge on any atom is -0.330 e. The molecule has 1 amide bonds. The van der Waals surface area contributed by atoms with Crippen molar-refractivity contribution in [1.82, 2.24) is 9.55 Å². The molecule has 0 aliphatic heterocycles. The van der Waals surface area contributed by atoms with Crippen LogP contribution in [0.2, 0.25) is 0 Å². The predicted octanol–water partition coefficient (Wildman–Crippen LogP) is 3.61. The summed E-state index contributed by atoms with van der Waals surface area (Å²) in [5.41, 5.74) is 3.78. The second-order valence-corrected chi connectivity index (χ2v) is 9.26. The third-order valence-electron chi connectivity index (χ3n) is 4.96. The van der Waals surface area contributed by atoms with Crippen molar-refractivity contribution in [2.24, 2.45) is 0 Å². The summed E-state index contributed by atoms with van der Waals surface area (Å²) in [6, 6.07) is 15.6. The van der Waals surface area contributed by atoms with Crippen LogP contribution in [-0.2, 0) is 39.8 Å². The first-order chi connectivity index (χ1) is 14.4. The number of hydrogen-bond acceptors (Lipinski definition) is 4. The Labute approximate surface area is 177 Å². The normalized spacial score (nSPS) is 11.4. The largest absolute Gasteiger partial charge is 0.330 e. The van der Waals surface area contributed by atoms with E-state index in [9.17, 15) is 13.2 Å². The van der Waals surface area contributed by atoms with E-state index in [1.165, 1.54) is 0 Å². The number of rotatable bonds is 9. The van der Waals surface area contributed by atoms with Crippen molar-refractivity contribution in [3.8, 4) is 0 Å². The number of aromatic nitrogens is 2. The van der Waals surface area contributed by atoms with Gasteiger partial charge in [0.2, 0.25) is 5.91 Å². The number of nitrogens with zero attached hydrogens (tertiary/aromatic N) is 2. The van der Waals surface area contributed by atoms with Crippen molar-refractivity contribution in [2.45, 2.75) is 39.0 Å². The highest BCUT2D eigenvalue weighted by atomic mass is 32.2. The summed E-state index contributed by atoms with van der Waals surface area (Å²) in [4.78, 5) is 16.7. The van der Waals surface area contributed by atoms with E-state index in [1.54, 1.807) is 17.0 Å². The Bertz CT molecular complexity index is 1080. The lowest BCUT2D eigenvalue weighted by Crippen LogP contribution is -2.26. The van der Waals surface area contributed by atoms with Crippen molar-refractivity contribution in [1.29, 1.82) is 0 Å². The number of carbonyl (C=O) groups excluding carboxylic acids is 1. The van der Waals surface area contributed by atoms with Gasteiger partial charge in [-0.1, -0.05) is 62.4 Å². The fourth-order valence-electron chi connectivity index (χ4n) is 3.43. The molecule has 0 unspecified atom stereocenters. The highest BCUT2D eigenvalue weighted by Gasteiger charge is 2.21. The maximum atomic E-state index is 12.7. The lowest BCUT2D eigenvalue weighted by Gasteiger charge is -2.14. The zero-order valence-electron chi connectivity index (χ0n) is 17.3. The Hall–Kier alpha value is -2.93. The standard InChI is InChI=1S/C23H27N3O3S/c1-3-19-11-8-12-20(4-2)23(19)25-22(27)17-30(28,29)16-21-24-13-14-26(21)15-18-9-6-5-7-10-18/h5-14H,3-4,15-17H2,1-2H3,(H,25,27). The van der Waals surface area contributed by atoms with E-state index in [1.807, 2.05) is 62.4 Å². The molecule has 3 aromatic rings. The third kappa shape index (κ3) is 5.57. The maximum absolute atomic E-state index is 12.7. The van der Waals surface area contributed by atoms with Crippen LogP contribution in [-0.4, -0.2) is 29.6 Å². The molecule has 0 spiro atoms. The summed E-state index contributed by atoms with van der Waals surface area (Å²) in [5, 5.41) is 2.83. The smallest absolute Gasteiger partial charge is 0.239 e. The minimum atomic E-state index is -3.67. The Balaban J connectivity index is 1.70. The number of sulfone groups is 1. The quantitative estimate of drug-likeness (QED) is 0.568. The summed E-state index contributed by atoms with van der Waals surface area (Å²) in [6.07, 6.45) is 4.85. The lowest BCUT2D eigenvalue weighted by molar-refractivity contribution is -0.113. The number of amides is 1. The summed E-state index contributed by atoms with van der Waals surface area (Å²) in [5.74, 6) is -0.954. The van der Waals surface area contributed by atoms with E-state index in [2.05, 4.69) is 10.3 Å². The third-order valence-corrected chi connectivity index (χ3v) is 6.36. The average Bonchev–Trinajstić information content (AvgIpc) is 3.14. The molecule has 0 aliphatic rings. The van der Waals surface area contributed by atoms with E-state index in [0.29, 0.717) is 12.4 Å². The molecular weight excluding hydrogens is 398 g/mol. The van der Waals surface area contributed by atoms with Crippen molar-refractivity contribution in [3.63, 3.8) is 0 Å². The van der Waals surface area contributed by atoms with Crippen molar-refractivity contribution < 1.29 is 13.2 Å². The molecule has 0 saturated carbocycles. The van der Waals surface area contributed by atoms with Gasteiger partial charge < -0.3 is 9.88 Å². The van der Waals surface area contributed by atoms with Gasteiger partial charge in [-0.2, -0.15) is 0 Å². The SMILES string of the molecule is CCc1cccc(CC)c1NC(=O)CS(=O)(=O)Cc1nccn1Cc1ccccc1. The van der Waals surface area contributed by atoms with E-state index >= 15 is 0 Å². The van der Waals surface area contributed by atoms with Gasteiger partial charge in [-0.3, -0.25) is 4.79 Å². The zero-order chi connectivity index (χ0) is 21.6. The van der Waals surface area contributed by atoms with Gasteiger partial charge in [0, 0.05) is 24.6 Å². The lowest BCUT2D eigenvalue weighted by atomic mass is 10.0. The highest BCUT2D eigenvalue weighted by molar-refractivity contribution is 7.91. The predicted molar refractivity (Wildman–Crippen MR) is 119 cm³/mol. The Morgan fingerprint density at radius 2 is 1.67 bits per heavy atom. The van der Waals surface area contributed by atoms with Crippen molar-refractivity contribution in [2.75, 3.05) is 11.1 Å². The number of hydrogen-bond donors (Lipinski definition) is 1. The zero-order valence-corrected chi connectivity index (χ0v) is 18.2. The number of imidazole rings is 1. The van der Waals surface area contributed by atoms with E-state index < -0.39 is 21.5 Å². The topological polar surface area (TPSA) is 81.1 Å². The van der Waals surface area contributed by atoms with Crippen molar-refractivity contribution in [3.05, 3.63) is 83.4 Å². The number of benzene rings is 2. The molecule has 7 heteroatoms. The molecule has 1 N–H and O–H groups in total. The molecule has 3 rings (SSSR count). The van der Waals surface area contributed by atoms with E-state index in [0.717, 1.165) is 35.2 Å². The Morgan fingerprint density at radius 3 is 2.30 bits per heavy atom. The molecule has 6 nitrogen and oxygen atoms in total. The fourth-order valence-corrected chi connectivity index (χ4v) is 4.64. The van der Waals surface area contributed by atoms with Gasteiger partial charge in [-0.05, 0) is 29.5 Å². The summed E-state index contributed by atoms with van der Waals surface area (Å²) >= 11 is 0. The molecule has 30 heavy (non-hydrogen) atoms. The van der Waals surface area contributed by atoms with Gasteiger partial charge >= 0.3 is 0 Å². The van der Waals surface area contributed by atoms with E-state index in [4.69, 9.17) is 0 Å². The summed E-state index contributed by atoms with van der Waals surface area (Å²) in [7, 11) is -3.67. The number of nitrogens with one attached hydrogen (secondary N) is 1. The second-order valence-electron chi connectivity index (χ2n) is 7.20. The van der Waals surface area contributed by atoms with Crippen LogP contribution in [0.1, 0.15) is 36.4 Å². The van der Waals surface area contributed by atoms with Crippen LogP contribution in [0.3, 0.4) is 0 Å². The number of aryl methyl sites for hydroxylation is 2. The van der Waals surface area contributed by atoms with Crippen LogP contribution in [0, 0.1) is 0 Å². The molecule has 158 valence electrons. The molecule has 1 heterocycles. The van der Waals surface area contributed by atoms with Crippen LogP contribution >= 0.6 is 0 Å². The molecule has 0 bridgehead atoms. The van der Waals surface area contributed by atoms with Crippen LogP contribution in [0.5, 0.6) is 0 Å². The van der Waals surface area contributed by atoms with E-state index in [-0.39, 0.29) is 5.75 Å². The first-order valence-corrected chi connectivity index (χ1v) is 11.9. The molecule has 0 aliphatic carbocycles. The summed E-state index contributed by atoms with van der Waals surface area (Å²) < 4.78 is 27.2. The van der Waals surface area contributed by atoms with Crippen LogP contribution < -0.4 is 5.32 Å². The molecule has 0 saturated heterocycles. The molecule has 2 aromatic carbocycles. The Kier molecular flexibility index (Phi) is 7.05. The van der Waals surface area contributed by atoms with Gasteiger partial charge in [-0.15, -0.1) is 0 Å². The monoisotopic (exact) mass is 425 g/mol. The van der Waals surface area contributed by atoms with Gasteiger partial charge in [0.25, 0.3) is 0 Å². The van der Waals surface area contributed by atoms with Crippen molar-refractivity contribution >= 4 is 21.4 Å². The molecule has 0 atom stereocenters. The fraction of sp³-hybridized carbons (Fsp3) is 0.304. The van der Waals surface area contributed by atoms with Gasteiger partial charge in [0.15, 0.2) is 9.84 Å². The highest BCUT2D eigenvalue weighted by Crippen LogP contribution is 2.22. The average molecular weight is 426 g/mol. The summed E-state index contributed by atoms with van der Waals surface area (Å²) in [6.45, 7) is 4.54. The number of anilines is 1.